The van der Waals surface area contributed by atoms with E-state index in [0.29, 0.717) is 16.7 Å². The Bertz CT molecular complexity index is 3940. The maximum Gasteiger partial charge on any atom is 0.366 e. The summed E-state index contributed by atoms with van der Waals surface area (Å²) in [7, 11) is 2.17. The highest BCUT2D eigenvalue weighted by Crippen LogP contribution is 2.49. The number of fused-ring (bicyclic) bond motifs is 1. The molecule has 34 heteroatoms. The highest BCUT2D eigenvalue weighted by Gasteiger charge is 2.67. The first-order valence-corrected chi connectivity index (χ1v) is 38.8. The van der Waals surface area contributed by atoms with Gasteiger partial charge in [-0.3, -0.25) is 14.4 Å². The fourth-order valence-electron chi connectivity index (χ4n) is 15.0. The Morgan fingerprint density at radius 1 is 0.475 bits per heavy atom. The number of benzene rings is 5. The molecule has 646 valence electrons. The second kappa shape index (κ2) is 42.6. The summed E-state index contributed by atoms with van der Waals surface area (Å²) in [5.41, 5.74) is 3.36. The second-order valence-corrected chi connectivity index (χ2v) is 29.6. The Labute approximate surface area is 682 Å². The van der Waals surface area contributed by atoms with Crippen molar-refractivity contribution in [3.63, 3.8) is 0 Å². The van der Waals surface area contributed by atoms with Crippen LogP contribution in [0.4, 0.5) is 0 Å². The molecule has 0 bridgehead atoms. The van der Waals surface area contributed by atoms with Crippen LogP contribution in [0.3, 0.4) is 0 Å². The van der Waals surface area contributed by atoms with Gasteiger partial charge in [-0.1, -0.05) is 158 Å². The van der Waals surface area contributed by atoms with E-state index in [1.165, 1.54) is 6.08 Å². The van der Waals surface area contributed by atoms with Crippen LogP contribution < -0.4 is 0 Å². The van der Waals surface area contributed by atoms with E-state index in [9.17, 15) is 50.1 Å². The predicted octanol–water partition coefficient (Wildman–Crippen LogP) is 3.15. The lowest BCUT2D eigenvalue weighted by Gasteiger charge is -2.53. The molecule has 34 nitrogen and oxygen atoms in total. The van der Waals surface area contributed by atoms with E-state index in [4.69, 9.17) is 104 Å². The molecule has 0 radical (unpaired) electrons. The number of rotatable bonds is 39. The van der Waals surface area contributed by atoms with Crippen LogP contribution in [-0.2, 0) is 161 Å². The summed E-state index contributed by atoms with van der Waals surface area (Å²) in [5, 5.41) is 77.8. The number of aliphatic hydroxyl groups excluding tert-OH is 7. The molecule has 0 spiro atoms. The number of carbonyl (C=O) groups excluding carboxylic acids is 5. The quantitative estimate of drug-likeness (QED) is 0.0169. The second-order valence-electron chi connectivity index (χ2n) is 29.6. The lowest BCUT2D eigenvalue weighted by atomic mass is 9.89. The standard InChI is InChI=1S/C84H106O34/c1-9-35-105-83(80(95)97-7)36-56(115-84(81(96)98-8)37-57-71(116-82(5,6)114-57)73(118-84)61(103-43-54-31-21-13-22-32-54)46-100-41-52-27-17-11-18-28-52)69(72(117-83)60(102-42-53-29-19-12-20-30-53)45-99-40-51-25-15-10-16-26-51)111-79-76(104-44-55-33-23-14-24-34-55)75(107-50(4)89)74(70(112-79)62(106-49(3)88)47-101-48(2)87)113-78-67(94)65(92)68(59(39-86)109-78)110-77-66(93)64(91)63(90)58(38-85)108-77/h9-34,56-79,85-86,90-94H,1,35-47H2,2-8H3/t56-,57-,58-,59-,60-,61-,62+,63+,64+,65-,66-,67-,68-,69-,70-,71-,72-,73-,74-,75+,76+,77+,78?,79+,83-,84-/m1/s1. The molecule has 6 aliphatic heterocycles. The molecule has 6 aliphatic rings. The zero-order valence-electron chi connectivity index (χ0n) is 66.4. The van der Waals surface area contributed by atoms with Crippen molar-refractivity contribution in [3.05, 3.63) is 192 Å². The molecule has 7 N–H and O–H groups in total. The number of aliphatic hydroxyl groups is 7. The molecule has 6 saturated heterocycles. The largest absolute Gasteiger partial charge is 0.465 e. The molecule has 5 aromatic carbocycles. The van der Waals surface area contributed by atoms with Gasteiger partial charge in [-0.2, -0.15) is 0 Å². The maximum absolute atomic E-state index is 15.8. The van der Waals surface area contributed by atoms with Crippen LogP contribution in [0, 0.1) is 0 Å². The van der Waals surface area contributed by atoms with Gasteiger partial charge in [-0.05, 0) is 41.7 Å². The summed E-state index contributed by atoms with van der Waals surface area (Å²) in [6, 6.07) is 45.1. The van der Waals surface area contributed by atoms with E-state index in [1.54, 1.807) is 74.5 Å². The summed E-state index contributed by atoms with van der Waals surface area (Å²) in [6.07, 6.45) is -43.7. The smallest absolute Gasteiger partial charge is 0.366 e. The van der Waals surface area contributed by atoms with Gasteiger partial charge in [-0.15, -0.1) is 6.58 Å². The van der Waals surface area contributed by atoms with Crippen LogP contribution in [0.15, 0.2) is 164 Å². The fourth-order valence-corrected chi connectivity index (χ4v) is 15.0. The predicted molar refractivity (Wildman–Crippen MR) is 403 cm³/mol. The first-order valence-electron chi connectivity index (χ1n) is 38.8. The number of ether oxygens (including phenoxy) is 22. The third kappa shape index (κ3) is 23.1. The van der Waals surface area contributed by atoms with Crippen LogP contribution >= 0.6 is 0 Å². The van der Waals surface area contributed by atoms with Gasteiger partial charge in [0.2, 0.25) is 0 Å². The van der Waals surface area contributed by atoms with Crippen LogP contribution in [0.1, 0.15) is 75.3 Å². The Balaban J connectivity index is 1.09. The highest BCUT2D eigenvalue weighted by atomic mass is 16.8. The van der Waals surface area contributed by atoms with Crippen LogP contribution in [0.2, 0.25) is 0 Å². The average molecular weight is 1660 g/mol. The third-order valence-electron chi connectivity index (χ3n) is 20.5. The molecule has 11 rings (SSSR count). The molecule has 1 unspecified atom stereocenters. The highest BCUT2D eigenvalue weighted by molar-refractivity contribution is 5.79. The summed E-state index contributed by atoms with van der Waals surface area (Å²) in [5.74, 6) is -12.1. The molecule has 118 heavy (non-hydrogen) atoms. The molecule has 26 atom stereocenters. The molecule has 6 fully saturated rings. The van der Waals surface area contributed by atoms with E-state index in [0.717, 1.165) is 46.1 Å². The first-order chi connectivity index (χ1) is 56.8. The molecule has 6 heterocycles. The monoisotopic (exact) mass is 1660 g/mol. The van der Waals surface area contributed by atoms with E-state index >= 15 is 9.59 Å². The van der Waals surface area contributed by atoms with Crippen molar-refractivity contribution < 1.29 is 164 Å². The van der Waals surface area contributed by atoms with Crippen molar-refractivity contribution in [2.45, 2.75) is 245 Å². The van der Waals surface area contributed by atoms with Gasteiger partial charge in [0.05, 0.1) is 92.5 Å². The maximum atomic E-state index is 15.8. The molecule has 5 aromatic rings. The van der Waals surface area contributed by atoms with Crippen molar-refractivity contribution >= 4 is 29.8 Å². The lowest BCUT2D eigenvalue weighted by Crippen LogP contribution is -2.71. The first kappa shape index (κ1) is 91.0. The molecule has 0 aliphatic carbocycles. The number of methoxy groups -OCH3 is 2. The Morgan fingerprint density at radius 3 is 1.47 bits per heavy atom. The number of carbonyl (C=O) groups is 5. The van der Waals surface area contributed by atoms with E-state index < -0.39 is 247 Å². The zero-order valence-corrected chi connectivity index (χ0v) is 66.4. The van der Waals surface area contributed by atoms with Gasteiger partial charge >= 0.3 is 29.8 Å². The lowest BCUT2D eigenvalue weighted by molar-refractivity contribution is -0.408. The Morgan fingerprint density at radius 2 is 0.958 bits per heavy atom. The fraction of sp³-hybridized carbons (Fsp3) is 0.560. The van der Waals surface area contributed by atoms with Gasteiger partial charge < -0.3 is 140 Å². The summed E-state index contributed by atoms with van der Waals surface area (Å²) in [4.78, 5) is 72.2. The molecular formula is C84H106O34. The molecule has 0 aromatic heterocycles. The van der Waals surface area contributed by atoms with Crippen LogP contribution in [0.25, 0.3) is 0 Å². The van der Waals surface area contributed by atoms with Gasteiger partial charge in [0, 0.05) is 33.6 Å². The number of hydrogen-bond acceptors (Lipinski definition) is 34. The Hall–Kier alpha value is -7.77. The van der Waals surface area contributed by atoms with Gasteiger partial charge in [0.1, 0.15) is 110 Å². The number of esters is 5. The van der Waals surface area contributed by atoms with Gasteiger partial charge in [0.25, 0.3) is 11.6 Å². The van der Waals surface area contributed by atoms with Gasteiger partial charge in [0.15, 0.2) is 36.9 Å². The normalized spacial score (nSPS) is 32.7. The zero-order chi connectivity index (χ0) is 84.3. The van der Waals surface area contributed by atoms with Crippen molar-refractivity contribution in [1.29, 1.82) is 0 Å². The van der Waals surface area contributed by atoms with E-state index in [2.05, 4.69) is 6.58 Å². The Kier molecular flexibility index (Phi) is 32.9. The number of hydrogen-bond donors (Lipinski definition) is 7. The summed E-state index contributed by atoms with van der Waals surface area (Å²) in [6.45, 7) is 5.82. The third-order valence-corrected chi connectivity index (χ3v) is 20.5. The van der Waals surface area contributed by atoms with Crippen molar-refractivity contribution in [3.8, 4) is 0 Å². The van der Waals surface area contributed by atoms with E-state index in [1.807, 2.05) is 91.0 Å². The van der Waals surface area contributed by atoms with Crippen molar-refractivity contribution in [2.75, 3.05) is 53.9 Å². The molecular weight excluding hydrogens is 1550 g/mol. The topological polar surface area (TPSA) is 430 Å². The summed E-state index contributed by atoms with van der Waals surface area (Å²) >= 11 is 0. The van der Waals surface area contributed by atoms with Crippen molar-refractivity contribution in [2.24, 2.45) is 0 Å². The SMILES string of the molecule is C=CCO[C@]1(C(=O)OC)C[C@@H](O[C@]2(C(=O)OC)C[C@H]3OC(C)(C)O[C@H]3[C@@H]([C@@H](COCc3ccccc3)OCc3ccccc3)O2)[C@@H](O[C@H]2O[C@H]([C@H](COC(C)=O)OC(C)=O)[C@@H](OC3O[C@H](CO)[C@@H](O[C@@H]4O[C@H](CO)[C@H](O)[C@H](O)[C@H]4O)[C@H](O)[C@H]3O)[C@H](OC(C)=O)[C@@H]2OCc2ccccc2)[C@@H]([C@@H](COCc2ccccc2)OCc2ccccc2)O1. The van der Waals surface area contributed by atoms with Crippen LogP contribution in [0.5, 0.6) is 0 Å². The molecule has 0 saturated carbocycles. The minimum Gasteiger partial charge on any atom is -0.465 e. The molecule has 0 amide bonds. The summed E-state index contributed by atoms with van der Waals surface area (Å²) < 4.78 is 144. The minimum absolute atomic E-state index is 0.0248. The van der Waals surface area contributed by atoms with Crippen molar-refractivity contribution in [1.82, 2.24) is 0 Å². The van der Waals surface area contributed by atoms with Crippen LogP contribution in [-0.4, -0.2) is 284 Å². The van der Waals surface area contributed by atoms with E-state index in [-0.39, 0.29) is 33.0 Å². The van der Waals surface area contributed by atoms with Gasteiger partial charge in [-0.25, -0.2) is 9.59 Å². The minimum atomic E-state index is -2.73. The average Bonchev–Trinajstić information content (AvgIpc) is 0.901.